The van der Waals surface area contributed by atoms with Crippen LogP contribution < -0.4 is 0 Å². The van der Waals surface area contributed by atoms with Crippen LogP contribution in [0.5, 0.6) is 0 Å². The van der Waals surface area contributed by atoms with Gasteiger partial charge in [0.05, 0.1) is 11.7 Å². The maximum absolute atomic E-state index is 12.0. The smallest absolute Gasteiger partial charge is 0.211 e. The van der Waals surface area contributed by atoms with E-state index < -0.39 is 0 Å². The molecule has 1 aliphatic heterocycles. The zero-order valence-electron chi connectivity index (χ0n) is 13.6. The van der Waals surface area contributed by atoms with Gasteiger partial charge in [-0.3, -0.25) is 9.78 Å². The molecule has 4 heteroatoms. The van der Waals surface area contributed by atoms with Crippen LogP contribution in [0, 0.1) is 0 Å². The fraction of sp³-hybridized carbons (Fsp3) is 0.368. The molecule has 0 N–H and O–H groups in total. The van der Waals surface area contributed by atoms with Crippen LogP contribution in [0.1, 0.15) is 49.6 Å². The lowest BCUT2D eigenvalue weighted by atomic mass is 9.75. The van der Waals surface area contributed by atoms with E-state index in [1.807, 2.05) is 29.2 Å². The van der Waals surface area contributed by atoms with Gasteiger partial charge < -0.3 is 4.90 Å². The van der Waals surface area contributed by atoms with Gasteiger partial charge in [0.25, 0.3) is 0 Å². The Morgan fingerprint density at radius 1 is 1.17 bits per heavy atom. The highest BCUT2D eigenvalue weighted by atomic mass is 35.5. The summed E-state index contributed by atoms with van der Waals surface area (Å²) in [5.74, 6) is 0. The van der Waals surface area contributed by atoms with Gasteiger partial charge in [0.15, 0.2) is 0 Å². The highest BCUT2D eigenvalue weighted by Crippen LogP contribution is 2.43. The second-order valence-electron chi connectivity index (χ2n) is 5.98. The number of carbonyl (C=O) groups is 1. The summed E-state index contributed by atoms with van der Waals surface area (Å²) in [6.45, 7) is 4.34. The van der Waals surface area contributed by atoms with Gasteiger partial charge in [0, 0.05) is 11.7 Å². The minimum Gasteiger partial charge on any atom is -0.327 e. The second-order valence-corrected chi connectivity index (χ2v) is 5.98. The molecule has 0 bridgehead atoms. The maximum atomic E-state index is 12.0. The third-order valence-corrected chi connectivity index (χ3v) is 5.09. The zero-order chi connectivity index (χ0) is 15.6. The van der Waals surface area contributed by atoms with Gasteiger partial charge in [0.1, 0.15) is 0 Å². The van der Waals surface area contributed by atoms with Crippen molar-refractivity contribution in [2.24, 2.45) is 0 Å². The van der Waals surface area contributed by atoms with Gasteiger partial charge in [-0.05, 0) is 42.5 Å². The summed E-state index contributed by atoms with van der Waals surface area (Å²) in [4.78, 5) is 18.5. The SMILES string of the molecule is CCC1(CC)Cc2ccccc2C(c2ccccn2)N1C=O.Cl. The van der Waals surface area contributed by atoms with Crippen molar-refractivity contribution >= 4 is 18.8 Å². The Morgan fingerprint density at radius 2 is 1.87 bits per heavy atom. The third kappa shape index (κ3) is 2.86. The summed E-state index contributed by atoms with van der Waals surface area (Å²) in [6, 6.07) is 14.3. The number of fused-ring (bicyclic) bond motifs is 1. The van der Waals surface area contributed by atoms with E-state index in [4.69, 9.17) is 0 Å². The molecule has 1 aromatic carbocycles. The molecule has 0 saturated heterocycles. The van der Waals surface area contributed by atoms with E-state index in [2.05, 4.69) is 37.0 Å². The molecule has 23 heavy (non-hydrogen) atoms. The number of pyridine rings is 1. The largest absolute Gasteiger partial charge is 0.327 e. The molecule has 1 aliphatic rings. The predicted octanol–water partition coefficient (Wildman–Crippen LogP) is 4.17. The lowest BCUT2D eigenvalue weighted by molar-refractivity contribution is -0.128. The van der Waals surface area contributed by atoms with Crippen molar-refractivity contribution in [2.45, 2.75) is 44.7 Å². The van der Waals surface area contributed by atoms with Crippen LogP contribution in [-0.2, 0) is 11.2 Å². The summed E-state index contributed by atoms with van der Waals surface area (Å²) < 4.78 is 0. The van der Waals surface area contributed by atoms with Gasteiger partial charge in [0.2, 0.25) is 6.41 Å². The van der Waals surface area contributed by atoms with Crippen molar-refractivity contribution in [1.82, 2.24) is 9.88 Å². The average molecular weight is 331 g/mol. The van der Waals surface area contributed by atoms with Gasteiger partial charge in [-0.25, -0.2) is 0 Å². The summed E-state index contributed by atoms with van der Waals surface area (Å²) in [5.41, 5.74) is 3.34. The molecule has 0 saturated carbocycles. The Hall–Kier alpha value is -1.87. The third-order valence-electron chi connectivity index (χ3n) is 5.09. The first-order valence-electron chi connectivity index (χ1n) is 7.98. The van der Waals surface area contributed by atoms with E-state index in [-0.39, 0.29) is 24.0 Å². The Bertz CT molecular complexity index is 655. The maximum Gasteiger partial charge on any atom is 0.211 e. The van der Waals surface area contributed by atoms with Gasteiger partial charge in [-0.15, -0.1) is 12.4 Å². The van der Waals surface area contributed by atoms with Gasteiger partial charge >= 0.3 is 0 Å². The Balaban J connectivity index is 0.00000192. The molecule has 1 atom stereocenters. The van der Waals surface area contributed by atoms with Crippen molar-refractivity contribution in [3.05, 3.63) is 65.5 Å². The Morgan fingerprint density at radius 3 is 2.48 bits per heavy atom. The fourth-order valence-electron chi connectivity index (χ4n) is 3.71. The predicted molar refractivity (Wildman–Crippen MR) is 94.7 cm³/mol. The molecule has 0 aliphatic carbocycles. The summed E-state index contributed by atoms with van der Waals surface area (Å²) in [6.07, 6.45) is 5.62. The van der Waals surface area contributed by atoms with E-state index in [1.54, 1.807) is 6.20 Å². The van der Waals surface area contributed by atoms with Crippen LogP contribution in [0.15, 0.2) is 48.7 Å². The fourth-order valence-corrected chi connectivity index (χ4v) is 3.71. The highest BCUT2D eigenvalue weighted by Gasteiger charge is 2.43. The van der Waals surface area contributed by atoms with Crippen LogP contribution in [0.4, 0.5) is 0 Å². The minimum atomic E-state index is -0.127. The molecule has 2 heterocycles. The van der Waals surface area contributed by atoms with Crippen molar-refractivity contribution in [3.8, 4) is 0 Å². The zero-order valence-corrected chi connectivity index (χ0v) is 14.4. The van der Waals surface area contributed by atoms with E-state index >= 15 is 0 Å². The van der Waals surface area contributed by atoms with Crippen LogP contribution in [0.25, 0.3) is 0 Å². The van der Waals surface area contributed by atoms with E-state index in [0.717, 1.165) is 31.4 Å². The van der Waals surface area contributed by atoms with E-state index in [0.29, 0.717) is 0 Å². The number of nitrogens with zero attached hydrogens (tertiary/aromatic N) is 2. The first-order valence-corrected chi connectivity index (χ1v) is 7.98. The van der Waals surface area contributed by atoms with Crippen molar-refractivity contribution < 1.29 is 4.79 Å². The first kappa shape index (κ1) is 17.5. The van der Waals surface area contributed by atoms with Gasteiger partial charge in [-0.2, -0.15) is 0 Å². The van der Waals surface area contributed by atoms with Crippen LogP contribution >= 0.6 is 12.4 Å². The number of benzene rings is 1. The van der Waals surface area contributed by atoms with Crippen molar-refractivity contribution in [2.75, 3.05) is 0 Å². The monoisotopic (exact) mass is 330 g/mol. The molecule has 3 rings (SSSR count). The molecule has 1 unspecified atom stereocenters. The molecule has 0 radical (unpaired) electrons. The Labute approximate surface area is 144 Å². The number of aromatic nitrogens is 1. The van der Waals surface area contributed by atoms with Gasteiger partial charge in [-0.1, -0.05) is 44.2 Å². The number of hydrogen-bond acceptors (Lipinski definition) is 2. The quantitative estimate of drug-likeness (QED) is 0.788. The topological polar surface area (TPSA) is 33.2 Å². The van der Waals surface area contributed by atoms with Crippen molar-refractivity contribution in [1.29, 1.82) is 0 Å². The molecule has 1 amide bonds. The first-order chi connectivity index (χ1) is 10.8. The molecule has 3 nitrogen and oxygen atoms in total. The number of hydrogen-bond donors (Lipinski definition) is 0. The average Bonchev–Trinajstić information content (AvgIpc) is 2.60. The molecule has 0 spiro atoms. The number of amides is 1. The molecular weight excluding hydrogens is 308 g/mol. The molecule has 0 fully saturated rings. The molecular formula is C19H23ClN2O. The molecule has 122 valence electrons. The lowest BCUT2D eigenvalue weighted by Gasteiger charge is -2.49. The highest BCUT2D eigenvalue weighted by molar-refractivity contribution is 5.85. The number of halogens is 1. The molecule has 1 aromatic heterocycles. The standard InChI is InChI=1S/C19H22N2O.ClH/c1-3-19(4-2)13-15-9-5-6-10-16(15)18(21(19)14-22)17-11-7-8-12-20-17;/h5-12,14,18H,3-4,13H2,1-2H3;1H. The normalized spacial score (nSPS) is 18.7. The van der Waals surface area contributed by atoms with E-state index in [9.17, 15) is 4.79 Å². The van der Waals surface area contributed by atoms with Crippen LogP contribution in [0.3, 0.4) is 0 Å². The minimum absolute atomic E-state index is 0. The summed E-state index contributed by atoms with van der Waals surface area (Å²) >= 11 is 0. The van der Waals surface area contributed by atoms with E-state index in [1.165, 1.54) is 11.1 Å². The summed E-state index contributed by atoms with van der Waals surface area (Å²) in [7, 11) is 0. The number of carbonyl (C=O) groups excluding carboxylic acids is 1. The van der Waals surface area contributed by atoms with Crippen LogP contribution in [0.2, 0.25) is 0 Å². The van der Waals surface area contributed by atoms with Crippen LogP contribution in [-0.4, -0.2) is 21.8 Å². The Kier molecular flexibility index (Phi) is 5.42. The number of rotatable bonds is 4. The summed E-state index contributed by atoms with van der Waals surface area (Å²) in [5, 5.41) is 0. The second kappa shape index (κ2) is 7.14. The lowest BCUT2D eigenvalue weighted by Crippen LogP contribution is -2.54. The van der Waals surface area contributed by atoms with Crippen molar-refractivity contribution in [3.63, 3.8) is 0 Å². The molecule has 2 aromatic rings.